The molecule has 2 amide bonds. The number of fused-ring (bicyclic) bond motifs is 1. The molecule has 0 radical (unpaired) electrons. The lowest BCUT2D eigenvalue weighted by Gasteiger charge is -2.11. The van der Waals surface area contributed by atoms with Gasteiger partial charge in [0.05, 0.1) is 16.3 Å². The van der Waals surface area contributed by atoms with Crippen LogP contribution in [0, 0.1) is 6.92 Å². The number of nitrogens with one attached hydrogen (secondary N) is 2. The average molecular weight is 419 g/mol. The summed E-state index contributed by atoms with van der Waals surface area (Å²) in [6, 6.07) is 12.0. The lowest BCUT2D eigenvalue weighted by Crippen LogP contribution is -2.18. The molecule has 0 fully saturated rings. The Morgan fingerprint density at radius 3 is 2.64 bits per heavy atom. The maximum atomic E-state index is 12.7. The molecule has 8 heteroatoms. The molecule has 2 aromatic carbocycles. The molecule has 0 saturated carbocycles. The van der Waals surface area contributed by atoms with Crippen molar-refractivity contribution >= 4 is 44.8 Å². The zero-order chi connectivity index (χ0) is 20.3. The molecule has 0 bridgehead atoms. The number of thioether (sulfide) groups is 1. The van der Waals surface area contributed by atoms with Crippen molar-refractivity contribution in [3.05, 3.63) is 48.0 Å². The number of hydrogen-bond acceptors (Lipinski definition) is 5. The number of carbonyl (C=O) groups excluding carboxylic acids is 2. The first-order valence-corrected chi connectivity index (χ1v) is 11.5. The van der Waals surface area contributed by atoms with Gasteiger partial charge in [-0.3, -0.25) is 9.59 Å². The molecule has 0 spiro atoms. The molecule has 0 unspecified atom stereocenters. The van der Waals surface area contributed by atoms with E-state index in [0.717, 1.165) is 10.5 Å². The molecule has 0 aromatic heterocycles. The zero-order valence-corrected chi connectivity index (χ0v) is 17.3. The summed E-state index contributed by atoms with van der Waals surface area (Å²) in [6.07, 6.45) is 0.228. The van der Waals surface area contributed by atoms with E-state index < -0.39 is 9.84 Å². The van der Waals surface area contributed by atoms with Gasteiger partial charge in [0.1, 0.15) is 0 Å². The largest absolute Gasteiger partial charge is 0.326 e. The number of benzene rings is 2. The van der Waals surface area contributed by atoms with Gasteiger partial charge in [-0.05, 0) is 37.3 Å². The summed E-state index contributed by atoms with van der Waals surface area (Å²) in [4.78, 5) is 24.9. The first-order chi connectivity index (χ1) is 13.2. The van der Waals surface area contributed by atoms with E-state index >= 15 is 0 Å². The Kier molecular flexibility index (Phi) is 6.10. The molecule has 1 atom stereocenters. The van der Waals surface area contributed by atoms with Gasteiger partial charge in [-0.2, -0.15) is 0 Å². The number of hydrogen-bond donors (Lipinski definition) is 2. The Morgan fingerprint density at radius 1 is 1.21 bits per heavy atom. The second-order valence-electron chi connectivity index (χ2n) is 6.82. The van der Waals surface area contributed by atoms with Crippen molar-refractivity contribution in [2.24, 2.45) is 0 Å². The Hall–Kier alpha value is -2.32. The first kappa shape index (κ1) is 20.4. The Bertz CT molecular complexity index is 1000. The van der Waals surface area contributed by atoms with Crippen molar-refractivity contribution in [2.75, 3.05) is 16.4 Å². The predicted molar refractivity (Wildman–Crippen MR) is 111 cm³/mol. The predicted octanol–water partition coefficient (Wildman–Crippen LogP) is 3.62. The highest BCUT2D eigenvalue weighted by Gasteiger charge is 2.22. The first-order valence-electron chi connectivity index (χ1n) is 8.93. The minimum absolute atomic E-state index is 0.102. The van der Waals surface area contributed by atoms with E-state index in [1.807, 2.05) is 26.0 Å². The molecular weight excluding hydrogens is 396 g/mol. The highest BCUT2D eigenvalue weighted by molar-refractivity contribution is 8.00. The summed E-state index contributed by atoms with van der Waals surface area (Å²) in [5.41, 5.74) is 2.21. The standard InChI is InChI=1S/C20H22N2O4S2/c1-13-3-5-15(6-4-13)21-19(23)9-10-28(25,26)16-7-8-18-17(12-16)22-20(24)11-14(2)27-18/h3-8,12,14H,9-11H2,1-2H3,(H,21,23)(H,22,24)/t14-/m1/s1. The third-order valence-electron chi connectivity index (χ3n) is 4.32. The van der Waals surface area contributed by atoms with Gasteiger partial charge < -0.3 is 10.6 Å². The fourth-order valence-corrected chi connectivity index (χ4v) is 5.14. The van der Waals surface area contributed by atoms with Crippen LogP contribution in [0.5, 0.6) is 0 Å². The molecule has 148 valence electrons. The topological polar surface area (TPSA) is 92.3 Å². The molecule has 6 nitrogen and oxygen atoms in total. The summed E-state index contributed by atoms with van der Waals surface area (Å²) in [7, 11) is -3.65. The van der Waals surface area contributed by atoms with Gasteiger partial charge in [0.25, 0.3) is 0 Å². The van der Waals surface area contributed by atoms with E-state index in [1.54, 1.807) is 18.2 Å². The van der Waals surface area contributed by atoms with Gasteiger partial charge in [0, 0.05) is 28.7 Å². The van der Waals surface area contributed by atoms with Gasteiger partial charge in [-0.15, -0.1) is 11.8 Å². The number of sulfone groups is 1. The van der Waals surface area contributed by atoms with Crippen molar-refractivity contribution in [1.82, 2.24) is 0 Å². The smallest absolute Gasteiger partial charge is 0.225 e. The maximum absolute atomic E-state index is 12.7. The van der Waals surface area contributed by atoms with Crippen molar-refractivity contribution < 1.29 is 18.0 Å². The van der Waals surface area contributed by atoms with E-state index in [1.165, 1.54) is 23.9 Å². The van der Waals surface area contributed by atoms with Crippen LogP contribution < -0.4 is 10.6 Å². The lowest BCUT2D eigenvalue weighted by molar-refractivity contribution is -0.116. The lowest BCUT2D eigenvalue weighted by atomic mass is 10.2. The Morgan fingerprint density at radius 2 is 1.93 bits per heavy atom. The second kappa shape index (κ2) is 8.36. The monoisotopic (exact) mass is 418 g/mol. The number of aryl methyl sites for hydroxylation is 1. The normalized spacial score (nSPS) is 16.6. The van der Waals surface area contributed by atoms with E-state index in [0.29, 0.717) is 17.8 Å². The summed E-state index contributed by atoms with van der Waals surface area (Å²) in [5.74, 6) is -0.799. The molecule has 2 aromatic rings. The molecule has 0 aliphatic carbocycles. The number of anilines is 2. The number of rotatable bonds is 5. The van der Waals surface area contributed by atoms with Crippen LogP contribution in [0.15, 0.2) is 52.3 Å². The van der Waals surface area contributed by atoms with Crippen LogP contribution in [0.25, 0.3) is 0 Å². The summed E-state index contributed by atoms with van der Waals surface area (Å²) in [6.45, 7) is 3.90. The van der Waals surface area contributed by atoms with Crippen LogP contribution in [0.3, 0.4) is 0 Å². The van der Waals surface area contributed by atoms with E-state index in [9.17, 15) is 18.0 Å². The second-order valence-corrected chi connectivity index (χ2v) is 10.4. The number of amides is 2. The highest BCUT2D eigenvalue weighted by Crippen LogP contribution is 2.36. The Labute approximate surface area is 169 Å². The van der Waals surface area contributed by atoms with E-state index in [2.05, 4.69) is 10.6 Å². The van der Waals surface area contributed by atoms with Crippen molar-refractivity contribution in [3.8, 4) is 0 Å². The van der Waals surface area contributed by atoms with Crippen LogP contribution in [0.4, 0.5) is 11.4 Å². The maximum Gasteiger partial charge on any atom is 0.225 e. The minimum Gasteiger partial charge on any atom is -0.326 e. The molecular formula is C20H22N2O4S2. The molecule has 1 heterocycles. The molecule has 0 saturated heterocycles. The van der Waals surface area contributed by atoms with Crippen LogP contribution in [0.1, 0.15) is 25.3 Å². The molecule has 1 aliphatic heterocycles. The highest BCUT2D eigenvalue weighted by atomic mass is 32.2. The third-order valence-corrected chi connectivity index (χ3v) is 7.21. The average Bonchev–Trinajstić information content (AvgIpc) is 2.77. The van der Waals surface area contributed by atoms with Crippen LogP contribution in [0.2, 0.25) is 0 Å². The summed E-state index contributed by atoms with van der Waals surface area (Å²) in [5, 5.41) is 5.58. The van der Waals surface area contributed by atoms with Crippen molar-refractivity contribution in [2.45, 2.75) is 41.7 Å². The van der Waals surface area contributed by atoms with Gasteiger partial charge in [-0.25, -0.2) is 8.42 Å². The van der Waals surface area contributed by atoms with Crippen LogP contribution >= 0.6 is 11.8 Å². The van der Waals surface area contributed by atoms with Crippen LogP contribution in [-0.4, -0.2) is 31.2 Å². The fourth-order valence-electron chi connectivity index (χ4n) is 2.83. The van der Waals surface area contributed by atoms with E-state index in [-0.39, 0.29) is 34.1 Å². The Balaban J connectivity index is 1.68. The SMILES string of the molecule is Cc1ccc(NC(=O)CCS(=O)(=O)c2ccc3c(c2)NC(=O)C[C@@H](C)S3)cc1. The van der Waals surface area contributed by atoms with Gasteiger partial charge in [-0.1, -0.05) is 24.6 Å². The molecule has 1 aliphatic rings. The summed E-state index contributed by atoms with van der Waals surface area (Å²) >= 11 is 1.53. The summed E-state index contributed by atoms with van der Waals surface area (Å²) < 4.78 is 25.3. The van der Waals surface area contributed by atoms with Crippen LogP contribution in [-0.2, 0) is 19.4 Å². The zero-order valence-electron chi connectivity index (χ0n) is 15.7. The fraction of sp³-hybridized carbons (Fsp3) is 0.300. The van der Waals surface area contributed by atoms with Gasteiger partial charge in [0.15, 0.2) is 9.84 Å². The number of carbonyl (C=O) groups is 2. The molecule has 2 N–H and O–H groups in total. The van der Waals surface area contributed by atoms with Gasteiger partial charge in [0.2, 0.25) is 11.8 Å². The third kappa shape index (κ3) is 5.14. The molecule has 3 rings (SSSR count). The minimum atomic E-state index is -3.65. The van der Waals surface area contributed by atoms with E-state index in [4.69, 9.17) is 0 Å². The molecule has 28 heavy (non-hydrogen) atoms. The van der Waals surface area contributed by atoms with Crippen molar-refractivity contribution in [1.29, 1.82) is 0 Å². The quantitative estimate of drug-likeness (QED) is 0.774. The van der Waals surface area contributed by atoms with Gasteiger partial charge >= 0.3 is 0 Å². The van der Waals surface area contributed by atoms with Crippen molar-refractivity contribution in [3.63, 3.8) is 0 Å².